The molecule has 0 amide bonds. The van der Waals surface area contributed by atoms with Crippen molar-refractivity contribution in [3.05, 3.63) is 0 Å². The van der Waals surface area contributed by atoms with Crippen LogP contribution in [0.25, 0.3) is 0 Å². The van der Waals surface area contributed by atoms with Crippen molar-refractivity contribution in [2.24, 2.45) is 0 Å². The van der Waals surface area contributed by atoms with Crippen molar-refractivity contribution in [2.45, 2.75) is 71.6 Å². The standard InChI is InChI=1S/C18H42N2.CH4.Br2/c1-19(2,3)17-15-13-11-9-7-8-10-12-14-16-18-20(4,5)6;;1-2/h7-18H2,1-6H3;1H4;/q+2;;. The van der Waals surface area contributed by atoms with E-state index in [4.69, 9.17) is 0 Å². The minimum Gasteiger partial charge on any atom is -0.331 e. The summed E-state index contributed by atoms with van der Waals surface area (Å²) < 4.78 is 2.24. The second-order valence-electron chi connectivity index (χ2n) is 8.56. The molecule has 0 aliphatic rings. The van der Waals surface area contributed by atoms with Gasteiger partial charge in [0, 0.05) is 28.3 Å². The van der Waals surface area contributed by atoms with Gasteiger partial charge in [-0.05, 0) is 25.7 Å². The van der Waals surface area contributed by atoms with Gasteiger partial charge in [-0.25, -0.2) is 0 Å². The molecule has 0 aromatic heterocycles. The Kier molecular flexibility index (Phi) is 22.1. The monoisotopic (exact) mass is 460 g/mol. The van der Waals surface area contributed by atoms with Gasteiger partial charge in [0.2, 0.25) is 0 Å². The Morgan fingerprint density at radius 3 is 0.783 bits per heavy atom. The van der Waals surface area contributed by atoms with Gasteiger partial charge in [0.05, 0.1) is 55.4 Å². The first kappa shape index (κ1) is 28.7. The van der Waals surface area contributed by atoms with Crippen molar-refractivity contribution in [1.29, 1.82) is 0 Å². The van der Waals surface area contributed by atoms with Gasteiger partial charge in [0.15, 0.2) is 0 Å². The topological polar surface area (TPSA) is 0 Å². The van der Waals surface area contributed by atoms with Crippen LogP contribution in [0.5, 0.6) is 0 Å². The maximum absolute atomic E-state index is 2.75. The molecule has 0 rings (SSSR count). The lowest BCUT2D eigenvalue weighted by Gasteiger charge is -2.23. The largest absolute Gasteiger partial charge is 0.331 e. The second-order valence-corrected chi connectivity index (χ2v) is 8.56. The van der Waals surface area contributed by atoms with Crippen molar-refractivity contribution in [2.75, 3.05) is 55.4 Å². The lowest BCUT2D eigenvalue weighted by atomic mass is 10.1. The van der Waals surface area contributed by atoms with Crippen LogP contribution in [0.4, 0.5) is 0 Å². The van der Waals surface area contributed by atoms with Crippen molar-refractivity contribution < 1.29 is 8.97 Å². The van der Waals surface area contributed by atoms with E-state index >= 15 is 0 Å². The molecular formula is C19H46Br2N2+2. The van der Waals surface area contributed by atoms with Crippen LogP contribution in [0.2, 0.25) is 0 Å². The molecule has 0 fully saturated rings. The normalized spacial score (nSPS) is 11.5. The van der Waals surface area contributed by atoms with E-state index in [9.17, 15) is 0 Å². The number of unbranched alkanes of at least 4 members (excludes halogenated alkanes) is 9. The molecule has 2 nitrogen and oxygen atoms in total. The minimum absolute atomic E-state index is 0. The summed E-state index contributed by atoms with van der Waals surface area (Å²) in [6, 6.07) is 0. The first-order valence-electron chi connectivity index (χ1n) is 8.96. The SMILES string of the molecule is BrBr.C.C[N+](C)(C)CCCCCCCCCCCC[N+](C)(C)C. The van der Waals surface area contributed by atoms with Crippen LogP contribution in [0.1, 0.15) is 71.6 Å². The first-order valence-corrected chi connectivity index (χ1v) is 12.7. The van der Waals surface area contributed by atoms with Gasteiger partial charge in [0.25, 0.3) is 0 Å². The highest BCUT2D eigenvalue weighted by Gasteiger charge is 2.06. The Balaban J connectivity index is -0.00000128. The lowest BCUT2D eigenvalue weighted by Crippen LogP contribution is -2.35. The molecule has 0 aliphatic heterocycles. The van der Waals surface area contributed by atoms with E-state index < -0.39 is 0 Å². The fraction of sp³-hybridized carbons (Fsp3) is 1.00. The summed E-state index contributed by atoms with van der Waals surface area (Å²) in [6.45, 7) is 2.65. The van der Waals surface area contributed by atoms with Crippen molar-refractivity contribution in [3.8, 4) is 0 Å². The Labute approximate surface area is 164 Å². The molecule has 0 N–H and O–H groups in total. The Morgan fingerprint density at radius 1 is 0.435 bits per heavy atom. The number of hydrogen-bond donors (Lipinski definition) is 0. The van der Waals surface area contributed by atoms with Gasteiger partial charge >= 0.3 is 0 Å². The van der Waals surface area contributed by atoms with Crippen LogP contribution in [-0.4, -0.2) is 64.3 Å². The number of nitrogens with zero attached hydrogens (tertiary/aromatic N) is 2. The first-order chi connectivity index (χ1) is 10.2. The fourth-order valence-electron chi connectivity index (χ4n) is 2.59. The third-order valence-electron chi connectivity index (χ3n) is 3.91. The zero-order chi connectivity index (χ0) is 17.5. The van der Waals surface area contributed by atoms with E-state index in [0.717, 1.165) is 8.97 Å². The van der Waals surface area contributed by atoms with Crippen LogP contribution in [0, 0.1) is 0 Å². The second kappa shape index (κ2) is 17.7. The highest BCUT2D eigenvalue weighted by molar-refractivity contribution is 9.93. The van der Waals surface area contributed by atoms with Crippen LogP contribution in [0.3, 0.4) is 0 Å². The third kappa shape index (κ3) is 31.2. The van der Waals surface area contributed by atoms with Gasteiger partial charge in [-0.3, -0.25) is 0 Å². The molecular weight excluding hydrogens is 416 g/mol. The average molecular weight is 462 g/mol. The Hall–Kier alpha value is 0.880. The molecule has 0 saturated carbocycles. The quantitative estimate of drug-likeness (QED) is 0.213. The maximum atomic E-state index is 2.75. The number of rotatable bonds is 13. The highest BCUT2D eigenvalue weighted by atomic mass is 80.9. The van der Waals surface area contributed by atoms with Gasteiger partial charge in [-0.1, -0.05) is 46.0 Å². The lowest BCUT2D eigenvalue weighted by molar-refractivity contribution is -0.870. The molecule has 4 heteroatoms. The van der Waals surface area contributed by atoms with E-state index in [1.165, 1.54) is 77.3 Å². The fourth-order valence-corrected chi connectivity index (χ4v) is 2.59. The molecule has 0 heterocycles. The van der Waals surface area contributed by atoms with E-state index in [1.54, 1.807) is 0 Å². The number of hydrogen-bond acceptors (Lipinski definition) is 0. The third-order valence-corrected chi connectivity index (χ3v) is 3.91. The molecule has 0 bridgehead atoms. The summed E-state index contributed by atoms with van der Waals surface area (Å²) in [4.78, 5) is 0. The molecule has 144 valence electrons. The number of quaternary nitrogens is 2. The van der Waals surface area contributed by atoms with Gasteiger partial charge < -0.3 is 8.97 Å². The summed E-state index contributed by atoms with van der Waals surface area (Å²) >= 11 is 5.50. The molecule has 0 radical (unpaired) electrons. The smallest absolute Gasteiger partial charge is 0.0780 e. The molecule has 0 unspecified atom stereocenters. The summed E-state index contributed by atoms with van der Waals surface area (Å²) in [5.74, 6) is 0. The maximum Gasteiger partial charge on any atom is 0.0780 e. The average Bonchev–Trinajstić information content (AvgIpc) is 2.40. The Bertz CT molecular complexity index is 196. The summed E-state index contributed by atoms with van der Waals surface area (Å²) in [6.07, 6.45) is 14.4. The van der Waals surface area contributed by atoms with Crippen LogP contribution < -0.4 is 0 Å². The van der Waals surface area contributed by atoms with E-state index in [-0.39, 0.29) is 7.43 Å². The molecule has 0 saturated heterocycles. The van der Waals surface area contributed by atoms with Crippen LogP contribution >= 0.6 is 28.3 Å². The van der Waals surface area contributed by atoms with Crippen molar-refractivity contribution in [1.82, 2.24) is 0 Å². The molecule has 0 aliphatic carbocycles. The molecule has 23 heavy (non-hydrogen) atoms. The van der Waals surface area contributed by atoms with Crippen molar-refractivity contribution >= 4 is 28.3 Å². The van der Waals surface area contributed by atoms with E-state index in [0.29, 0.717) is 0 Å². The molecule has 0 spiro atoms. The van der Waals surface area contributed by atoms with Gasteiger partial charge in [-0.15, -0.1) is 0 Å². The van der Waals surface area contributed by atoms with Gasteiger partial charge in [-0.2, -0.15) is 0 Å². The Morgan fingerprint density at radius 2 is 0.609 bits per heavy atom. The highest BCUT2D eigenvalue weighted by Crippen LogP contribution is 2.11. The predicted molar refractivity (Wildman–Crippen MR) is 117 cm³/mol. The van der Waals surface area contributed by atoms with E-state index in [2.05, 4.69) is 70.5 Å². The molecule has 0 aromatic carbocycles. The summed E-state index contributed by atoms with van der Waals surface area (Å²) in [7, 11) is 13.7. The predicted octanol–water partition coefficient (Wildman–Crippen LogP) is 6.63. The number of halogens is 2. The zero-order valence-electron chi connectivity index (χ0n) is 16.1. The molecule has 0 aromatic rings. The van der Waals surface area contributed by atoms with E-state index in [1.807, 2.05) is 0 Å². The van der Waals surface area contributed by atoms with Crippen molar-refractivity contribution in [3.63, 3.8) is 0 Å². The zero-order valence-corrected chi connectivity index (χ0v) is 19.3. The molecule has 0 atom stereocenters. The van der Waals surface area contributed by atoms with Crippen LogP contribution in [-0.2, 0) is 0 Å². The summed E-state index contributed by atoms with van der Waals surface area (Å²) in [5.41, 5.74) is 0. The van der Waals surface area contributed by atoms with Gasteiger partial charge in [0.1, 0.15) is 0 Å². The minimum atomic E-state index is 0. The summed E-state index contributed by atoms with van der Waals surface area (Å²) in [5, 5.41) is 0. The van der Waals surface area contributed by atoms with Crippen LogP contribution in [0.15, 0.2) is 0 Å².